The highest BCUT2D eigenvalue weighted by molar-refractivity contribution is 6.09. The Morgan fingerprint density at radius 3 is 2.25 bits per heavy atom. The molecule has 0 aromatic heterocycles. The van der Waals surface area contributed by atoms with Crippen molar-refractivity contribution in [3.05, 3.63) is 35.4 Å². The van der Waals surface area contributed by atoms with Crippen LogP contribution in [0.15, 0.2) is 29.8 Å². The maximum atomic E-state index is 12.6. The second-order valence-electron chi connectivity index (χ2n) is 5.11. The number of Topliss-reactive ketones (excluding diaryl/α,β-unsaturated/α-hetero) is 1. The summed E-state index contributed by atoms with van der Waals surface area (Å²) in [4.78, 5) is 12.6. The molecule has 3 heteroatoms. The van der Waals surface area contributed by atoms with Crippen LogP contribution in [0.2, 0.25) is 0 Å². The van der Waals surface area contributed by atoms with Crippen LogP contribution in [0.1, 0.15) is 48.9 Å². The Bertz CT molecular complexity index is 481. The monoisotopic (exact) mass is 274 g/mol. The summed E-state index contributed by atoms with van der Waals surface area (Å²) in [5, 5.41) is 0. The summed E-state index contributed by atoms with van der Waals surface area (Å²) in [5.74, 6) is 1.40. The Morgan fingerprint density at radius 1 is 0.950 bits per heavy atom. The van der Waals surface area contributed by atoms with Crippen molar-refractivity contribution in [2.75, 3.05) is 14.2 Å². The van der Waals surface area contributed by atoms with Crippen LogP contribution < -0.4 is 9.47 Å². The normalized spacial score (nSPS) is 18.4. The summed E-state index contributed by atoms with van der Waals surface area (Å²) >= 11 is 0. The molecule has 0 bridgehead atoms. The van der Waals surface area contributed by atoms with Gasteiger partial charge in [0.2, 0.25) is 0 Å². The summed E-state index contributed by atoms with van der Waals surface area (Å²) in [6.45, 7) is 0. The van der Waals surface area contributed by atoms with Crippen LogP contribution in [0, 0.1) is 0 Å². The zero-order valence-electron chi connectivity index (χ0n) is 12.3. The molecule has 3 nitrogen and oxygen atoms in total. The topological polar surface area (TPSA) is 35.5 Å². The molecule has 0 atom stereocenters. The average molecular weight is 274 g/mol. The highest BCUT2D eigenvalue weighted by Crippen LogP contribution is 2.26. The molecule has 108 valence electrons. The lowest BCUT2D eigenvalue weighted by Gasteiger charge is -2.12. The zero-order chi connectivity index (χ0) is 14.4. The van der Waals surface area contributed by atoms with E-state index in [0.717, 1.165) is 24.8 Å². The van der Waals surface area contributed by atoms with Crippen molar-refractivity contribution >= 4 is 5.78 Å². The first-order chi connectivity index (χ1) is 9.74. The Morgan fingerprint density at radius 2 is 1.60 bits per heavy atom. The predicted octanol–water partition coefficient (Wildman–Crippen LogP) is 4.17. The van der Waals surface area contributed by atoms with Gasteiger partial charge in [-0.3, -0.25) is 4.79 Å². The Labute approximate surface area is 120 Å². The second kappa shape index (κ2) is 7.13. The van der Waals surface area contributed by atoms with Gasteiger partial charge in [-0.2, -0.15) is 0 Å². The molecule has 0 amide bonds. The van der Waals surface area contributed by atoms with Gasteiger partial charge in [-0.05, 0) is 43.4 Å². The van der Waals surface area contributed by atoms with Crippen molar-refractivity contribution in [2.24, 2.45) is 0 Å². The van der Waals surface area contributed by atoms with Gasteiger partial charge in [-0.25, -0.2) is 0 Å². The molecule has 1 aliphatic carbocycles. The fourth-order valence-corrected chi connectivity index (χ4v) is 2.52. The van der Waals surface area contributed by atoms with Gasteiger partial charge in [0.1, 0.15) is 11.5 Å². The molecule has 0 fully saturated rings. The van der Waals surface area contributed by atoms with Crippen LogP contribution in [-0.2, 0) is 0 Å². The van der Waals surface area contributed by atoms with Crippen LogP contribution >= 0.6 is 0 Å². The molecule has 0 aliphatic heterocycles. The van der Waals surface area contributed by atoms with E-state index in [2.05, 4.69) is 6.08 Å². The standard InChI is InChI=1S/C17H22O3/c1-19-15-10-14(11-16(12-15)20-2)17(18)13-8-6-4-3-5-7-9-13/h8,10-12H,3-7,9H2,1-2H3/b13-8+. The first kappa shape index (κ1) is 14.6. The molecule has 0 saturated carbocycles. The fraction of sp³-hybridized carbons (Fsp3) is 0.471. The van der Waals surface area contributed by atoms with Crippen LogP contribution in [0.5, 0.6) is 11.5 Å². The summed E-state index contributed by atoms with van der Waals surface area (Å²) in [6, 6.07) is 5.35. The molecule has 1 aromatic rings. The molecule has 1 aromatic carbocycles. The van der Waals surface area contributed by atoms with Gasteiger partial charge in [-0.1, -0.05) is 18.9 Å². The summed E-state index contributed by atoms with van der Waals surface area (Å²) in [7, 11) is 3.19. The SMILES string of the molecule is COc1cc(OC)cc(C(=O)/C2=C/CCCCCC2)c1. The maximum Gasteiger partial charge on any atom is 0.188 e. The third kappa shape index (κ3) is 3.62. The van der Waals surface area contributed by atoms with E-state index in [4.69, 9.17) is 9.47 Å². The second-order valence-corrected chi connectivity index (χ2v) is 5.11. The van der Waals surface area contributed by atoms with E-state index >= 15 is 0 Å². The van der Waals surface area contributed by atoms with Crippen molar-refractivity contribution in [2.45, 2.75) is 38.5 Å². The minimum absolute atomic E-state index is 0.101. The molecule has 2 rings (SSSR count). The maximum absolute atomic E-state index is 12.6. The number of ketones is 1. The molecular formula is C17H22O3. The molecule has 20 heavy (non-hydrogen) atoms. The van der Waals surface area contributed by atoms with Gasteiger partial charge in [0, 0.05) is 11.6 Å². The highest BCUT2D eigenvalue weighted by atomic mass is 16.5. The number of methoxy groups -OCH3 is 2. The quantitative estimate of drug-likeness (QED) is 0.773. The lowest BCUT2D eigenvalue weighted by atomic mass is 9.94. The van der Waals surface area contributed by atoms with Crippen molar-refractivity contribution in [3.8, 4) is 11.5 Å². The van der Waals surface area contributed by atoms with E-state index in [0.29, 0.717) is 17.1 Å². The Balaban J connectivity index is 2.27. The summed E-state index contributed by atoms with van der Waals surface area (Å²) in [6.07, 6.45) is 8.74. The van der Waals surface area contributed by atoms with Crippen molar-refractivity contribution in [3.63, 3.8) is 0 Å². The minimum atomic E-state index is 0.101. The van der Waals surface area contributed by atoms with Gasteiger partial charge in [0.05, 0.1) is 14.2 Å². The molecule has 0 saturated heterocycles. The van der Waals surface area contributed by atoms with Gasteiger partial charge in [0.25, 0.3) is 0 Å². The lowest BCUT2D eigenvalue weighted by molar-refractivity contribution is 0.102. The van der Waals surface area contributed by atoms with E-state index in [1.165, 1.54) is 19.3 Å². The molecule has 0 heterocycles. The average Bonchev–Trinajstić information content (AvgIpc) is 2.45. The number of rotatable bonds is 4. The van der Waals surface area contributed by atoms with Crippen LogP contribution in [0.3, 0.4) is 0 Å². The van der Waals surface area contributed by atoms with Crippen molar-refractivity contribution in [1.82, 2.24) is 0 Å². The molecule has 0 N–H and O–H groups in total. The van der Waals surface area contributed by atoms with Gasteiger partial charge < -0.3 is 9.47 Å². The van der Waals surface area contributed by atoms with Crippen molar-refractivity contribution < 1.29 is 14.3 Å². The Hall–Kier alpha value is -1.77. The first-order valence-electron chi connectivity index (χ1n) is 7.21. The zero-order valence-corrected chi connectivity index (χ0v) is 12.3. The largest absolute Gasteiger partial charge is 0.497 e. The molecule has 0 radical (unpaired) electrons. The molecular weight excluding hydrogens is 252 g/mol. The van der Waals surface area contributed by atoms with E-state index < -0.39 is 0 Å². The van der Waals surface area contributed by atoms with Gasteiger partial charge >= 0.3 is 0 Å². The predicted molar refractivity (Wildman–Crippen MR) is 79.7 cm³/mol. The number of allylic oxidation sites excluding steroid dienone is 2. The van der Waals surface area contributed by atoms with Crippen molar-refractivity contribution in [1.29, 1.82) is 0 Å². The minimum Gasteiger partial charge on any atom is -0.497 e. The van der Waals surface area contributed by atoms with Crippen LogP contribution in [0.4, 0.5) is 0 Å². The number of carbonyl (C=O) groups is 1. The lowest BCUT2D eigenvalue weighted by Crippen LogP contribution is -2.06. The smallest absolute Gasteiger partial charge is 0.188 e. The fourth-order valence-electron chi connectivity index (χ4n) is 2.52. The van der Waals surface area contributed by atoms with E-state index in [9.17, 15) is 4.79 Å². The highest BCUT2D eigenvalue weighted by Gasteiger charge is 2.15. The van der Waals surface area contributed by atoms with E-state index in [-0.39, 0.29) is 5.78 Å². The third-order valence-electron chi connectivity index (χ3n) is 3.70. The van der Waals surface area contributed by atoms with E-state index in [1.54, 1.807) is 32.4 Å². The number of ether oxygens (including phenoxy) is 2. The molecule has 0 spiro atoms. The molecule has 1 aliphatic rings. The van der Waals surface area contributed by atoms with Crippen LogP contribution in [-0.4, -0.2) is 20.0 Å². The summed E-state index contributed by atoms with van der Waals surface area (Å²) < 4.78 is 10.5. The van der Waals surface area contributed by atoms with Gasteiger partial charge in [0.15, 0.2) is 5.78 Å². The Kier molecular flexibility index (Phi) is 5.22. The van der Waals surface area contributed by atoms with Gasteiger partial charge in [-0.15, -0.1) is 0 Å². The van der Waals surface area contributed by atoms with E-state index in [1.807, 2.05) is 0 Å². The summed E-state index contributed by atoms with van der Waals surface area (Å²) in [5.41, 5.74) is 1.58. The molecule has 0 unspecified atom stereocenters. The number of carbonyl (C=O) groups excluding carboxylic acids is 1. The van der Waals surface area contributed by atoms with Crippen LogP contribution in [0.25, 0.3) is 0 Å². The number of hydrogen-bond acceptors (Lipinski definition) is 3. The first-order valence-corrected chi connectivity index (χ1v) is 7.21. The number of benzene rings is 1. The third-order valence-corrected chi connectivity index (χ3v) is 3.70. The number of hydrogen-bond donors (Lipinski definition) is 0.